The third kappa shape index (κ3) is 12.9. The van der Waals surface area contributed by atoms with Gasteiger partial charge in [0, 0.05) is 51.6 Å². The summed E-state index contributed by atoms with van der Waals surface area (Å²) in [6.07, 6.45) is 2.87. The lowest BCUT2D eigenvalue weighted by Gasteiger charge is -2.15. The van der Waals surface area contributed by atoms with Crippen molar-refractivity contribution in [2.45, 2.75) is 105 Å². The molecule has 0 aliphatic carbocycles. The lowest BCUT2D eigenvalue weighted by atomic mass is 9.91. The van der Waals surface area contributed by atoms with Gasteiger partial charge in [-0.2, -0.15) is 49.4 Å². The molecule has 6 heterocycles. The molecule has 0 spiro atoms. The normalized spacial score (nSPS) is 12.2. The smallest absolute Gasteiger partial charge is 0.161 e. The van der Waals surface area contributed by atoms with Gasteiger partial charge in [0.15, 0.2) is 46.3 Å². The van der Waals surface area contributed by atoms with Crippen LogP contribution < -0.4 is 28.7 Å². The predicted octanol–water partition coefficient (Wildman–Crippen LogP) is 11.3. The summed E-state index contributed by atoms with van der Waals surface area (Å²) in [6.45, 7) is 24.7. The number of para-hydroxylation sites is 1. The third-order valence-electron chi connectivity index (χ3n) is 11.2. The Balaban J connectivity index is 0.000000209. The van der Waals surface area contributed by atoms with Crippen molar-refractivity contribution >= 4 is 51.7 Å². The minimum absolute atomic E-state index is 0.108. The summed E-state index contributed by atoms with van der Waals surface area (Å²) in [4.78, 5) is 17.5. The number of nitrogen functional groups attached to an aromatic ring is 5. The molecule has 6 aromatic heterocycles. The highest BCUT2D eigenvalue weighted by Crippen LogP contribution is 2.40. The summed E-state index contributed by atoms with van der Waals surface area (Å²) in [5, 5.41) is 36.5. The lowest BCUT2D eigenvalue weighted by Crippen LogP contribution is -2.14. The van der Waals surface area contributed by atoms with Crippen molar-refractivity contribution in [2.75, 3.05) is 28.7 Å². The second-order valence-corrected chi connectivity index (χ2v) is 21.7. The van der Waals surface area contributed by atoms with E-state index in [4.69, 9.17) is 38.9 Å². The van der Waals surface area contributed by atoms with Crippen LogP contribution in [0.2, 0.25) is 0 Å². The molecule has 0 saturated heterocycles. The zero-order chi connectivity index (χ0) is 54.5. The molecule has 0 unspecified atom stereocenters. The van der Waals surface area contributed by atoms with Gasteiger partial charge in [-0.1, -0.05) is 138 Å². The van der Waals surface area contributed by atoms with Crippen LogP contribution in [0.25, 0.3) is 23.3 Å². The van der Waals surface area contributed by atoms with Crippen molar-refractivity contribution < 1.29 is 0 Å². The van der Waals surface area contributed by atoms with Gasteiger partial charge in [-0.15, -0.1) is 10.2 Å². The summed E-state index contributed by atoms with van der Waals surface area (Å²) < 4.78 is 6.28. The number of nitrogens with two attached hydrogens (primary N) is 5. The second kappa shape index (κ2) is 21.5. The van der Waals surface area contributed by atoms with E-state index in [-0.39, 0.29) is 21.7 Å². The molecule has 388 valence electrons. The van der Waals surface area contributed by atoms with E-state index in [1.165, 1.54) is 22.0 Å². The van der Waals surface area contributed by atoms with E-state index >= 15 is 0 Å². The molecule has 0 atom stereocenters. The average Bonchev–Trinajstić information content (AvgIpc) is 4.14. The molecule has 21 nitrogen and oxygen atoms in total. The van der Waals surface area contributed by atoms with Gasteiger partial charge in [0.25, 0.3) is 0 Å². The van der Waals surface area contributed by atoms with Gasteiger partial charge in [0.1, 0.15) is 24.3 Å². The Morgan fingerprint density at radius 2 is 0.680 bits per heavy atom. The molecule has 0 aliphatic heterocycles. The van der Waals surface area contributed by atoms with Crippen molar-refractivity contribution in [3.8, 4) is 23.3 Å². The quantitative estimate of drug-likeness (QED) is 0.0699. The predicted molar refractivity (Wildman–Crippen MR) is 297 cm³/mol. The van der Waals surface area contributed by atoms with Crippen LogP contribution in [0.5, 0.6) is 0 Å². The molecule has 10 N–H and O–H groups in total. The van der Waals surface area contributed by atoms with E-state index in [9.17, 15) is 0 Å². The van der Waals surface area contributed by atoms with Gasteiger partial charge in [0.05, 0.1) is 34.2 Å². The van der Waals surface area contributed by atoms with Crippen molar-refractivity contribution in [1.29, 1.82) is 0 Å². The zero-order valence-electron chi connectivity index (χ0n) is 44.7. The highest BCUT2D eigenvalue weighted by Gasteiger charge is 2.30. The Labute approximate surface area is 437 Å². The number of nitrogens with zero attached hydrogens (tertiary/aromatic N) is 16. The molecule has 0 radical (unpaired) electrons. The maximum absolute atomic E-state index is 6.61. The largest absolute Gasteiger partial charge is 0.399 e. The number of benzene rings is 3. The first kappa shape index (κ1) is 53.7. The third-order valence-corrected chi connectivity index (χ3v) is 11.2. The molecule has 9 aromatic rings. The fourth-order valence-corrected chi connectivity index (χ4v) is 7.09. The Hall–Kier alpha value is -9.14. The minimum Gasteiger partial charge on any atom is -0.399 e. The van der Waals surface area contributed by atoms with Crippen molar-refractivity contribution in [3.05, 3.63) is 151 Å². The first-order chi connectivity index (χ1) is 35.3. The molecule has 0 fully saturated rings. The van der Waals surface area contributed by atoms with Gasteiger partial charge >= 0.3 is 0 Å². The lowest BCUT2D eigenvalue weighted by molar-refractivity contribution is 0.558. The summed E-state index contributed by atoms with van der Waals surface area (Å²) in [5.41, 5.74) is 36.2. The Morgan fingerprint density at radius 3 is 0.960 bits per heavy atom. The number of anilines is 5. The van der Waals surface area contributed by atoms with Crippen LogP contribution in [0.15, 0.2) is 148 Å². The van der Waals surface area contributed by atoms with Crippen molar-refractivity contribution in [3.63, 3.8) is 0 Å². The standard InChI is InChI=1S/C30H34N12.C18H26N8.C6H7N/c1-29(2,3)25-23(37-35-19-13-9-7-10-14-19)27(31)41(39-25)21-17-22(34-18-33-21)42-28(32)24(26(40-42)30(4,5)6)38-36-20-15-11-8-12-16-20;1-17(2,3)11-7-13(19)25(23-11)15-9-16(22-10-21-15)26-14(20)8-12(24-26)18(4,5)6;7-6-4-2-1-3-5-6/h7-18H,31-32H2,1-6H3;7-10H,19-20H2,1-6H3;1-5H,7H2. The maximum atomic E-state index is 6.61. The molecular formula is C54H67N21. The molecule has 0 saturated carbocycles. The van der Waals surface area contributed by atoms with E-state index in [2.05, 4.69) is 92.1 Å². The van der Waals surface area contributed by atoms with Crippen LogP contribution in [0, 0.1) is 0 Å². The van der Waals surface area contributed by atoms with Gasteiger partial charge in [-0.05, 0) is 36.4 Å². The topological polar surface area (TPSA) is 302 Å². The molecule has 75 heavy (non-hydrogen) atoms. The number of hydrogen-bond donors (Lipinski definition) is 5. The van der Waals surface area contributed by atoms with Crippen LogP contribution in [0.1, 0.15) is 106 Å². The fraction of sp³-hybridized carbons (Fsp3) is 0.296. The van der Waals surface area contributed by atoms with Crippen LogP contribution in [0.3, 0.4) is 0 Å². The molecule has 3 aromatic carbocycles. The summed E-state index contributed by atoms with van der Waals surface area (Å²) in [6, 6.07) is 35.6. The second-order valence-electron chi connectivity index (χ2n) is 21.7. The molecule has 0 aliphatic rings. The molecular weight excluding hydrogens is 943 g/mol. The van der Waals surface area contributed by atoms with Crippen molar-refractivity contribution in [2.24, 2.45) is 20.5 Å². The monoisotopic (exact) mass is 1010 g/mol. The van der Waals surface area contributed by atoms with Crippen LogP contribution >= 0.6 is 0 Å². The average molecular weight is 1010 g/mol. The number of hydrogen-bond acceptors (Lipinski definition) is 17. The molecule has 21 heteroatoms. The summed E-state index contributed by atoms with van der Waals surface area (Å²) in [7, 11) is 0. The highest BCUT2D eigenvalue weighted by molar-refractivity contribution is 5.67. The number of aromatic nitrogens is 12. The maximum Gasteiger partial charge on any atom is 0.161 e. The van der Waals surface area contributed by atoms with E-state index < -0.39 is 0 Å². The Kier molecular flexibility index (Phi) is 15.4. The van der Waals surface area contributed by atoms with E-state index in [1.807, 2.05) is 145 Å². The Bertz CT molecular complexity index is 3210. The van der Waals surface area contributed by atoms with Crippen molar-refractivity contribution in [1.82, 2.24) is 59.1 Å². The van der Waals surface area contributed by atoms with Gasteiger partial charge in [-0.25, -0.2) is 19.9 Å². The van der Waals surface area contributed by atoms with E-state index in [1.54, 1.807) is 21.5 Å². The van der Waals surface area contributed by atoms with Crippen LogP contribution in [0.4, 0.5) is 51.7 Å². The number of azo groups is 2. The van der Waals surface area contributed by atoms with Crippen LogP contribution in [-0.4, -0.2) is 59.1 Å². The fourth-order valence-electron chi connectivity index (χ4n) is 7.09. The van der Waals surface area contributed by atoms with E-state index in [0.717, 1.165) is 17.1 Å². The highest BCUT2D eigenvalue weighted by atomic mass is 15.4. The first-order valence-electron chi connectivity index (χ1n) is 24.2. The minimum atomic E-state index is -0.368. The summed E-state index contributed by atoms with van der Waals surface area (Å²) in [5.74, 6) is 3.60. The van der Waals surface area contributed by atoms with Gasteiger partial charge < -0.3 is 28.7 Å². The van der Waals surface area contributed by atoms with Gasteiger partial charge in [0.2, 0.25) is 0 Å². The zero-order valence-corrected chi connectivity index (χ0v) is 44.7. The van der Waals surface area contributed by atoms with E-state index in [0.29, 0.717) is 80.7 Å². The van der Waals surface area contributed by atoms with Gasteiger partial charge in [-0.3, -0.25) is 0 Å². The summed E-state index contributed by atoms with van der Waals surface area (Å²) >= 11 is 0. The molecule has 0 bridgehead atoms. The molecule has 9 rings (SSSR count). The first-order valence-corrected chi connectivity index (χ1v) is 24.2. The number of rotatable bonds is 8. The SMILES string of the molecule is CC(C)(C)c1cc(N)n(-c2cc(-n3nc(C(C)(C)C)cc3N)ncn2)n1.CC(C)(C)c1nn(-c2cc(-n3nc(C(C)(C)C)c(N=Nc4ccccc4)c3N)ncn2)c(N)c1N=Nc1ccccc1.Nc1ccccc1. The van der Waals surface area contributed by atoms with Crippen LogP contribution in [-0.2, 0) is 21.7 Å². The Morgan fingerprint density at radius 1 is 0.360 bits per heavy atom. The molecule has 0 amide bonds.